The summed E-state index contributed by atoms with van der Waals surface area (Å²) < 4.78 is 29.2. The summed E-state index contributed by atoms with van der Waals surface area (Å²) in [7, 11) is -3.75. The van der Waals surface area contributed by atoms with Gasteiger partial charge in [0.25, 0.3) is 10.0 Å². The van der Waals surface area contributed by atoms with Gasteiger partial charge in [-0.2, -0.15) is 0 Å². The van der Waals surface area contributed by atoms with Crippen LogP contribution in [0.1, 0.15) is 51.0 Å². The average molecular weight is 475 g/mol. The first-order valence-electron chi connectivity index (χ1n) is 11.2. The van der Waals surface area contributed by atoms with Gasteiger partial charge in [-0.05, 0) is 84.8 Å². The van der Waals surface area contributed by atoms with E-state index in [9.17, 15) is 18.3 Å². The summed E-state index contributed by atoms with van der Waals surface area (Å²) in [5.74, 6) is -0.651. The van der Waals surface area contributed by atoms with Gasteiger partial charge >= 0.3 is 5.97 Å². The maximum absolute atomic E-state index is 13.2. The summed E-state index contributed by atoms with van der Waals surface area (Å²) in [5.41, 5.74) is 5.56. The van der Waals surface area contributed by atoms with Crippen molar-refractivity contribution in [3.63, 3.8) is 0 Å². The average Bonchev–Trinajstić information content (AvgIpc) is 3.31. The van der Waals surface area contributed by atoms with Gasteiger partial charge in [0.1, 0.15) is 0 Å². The Kier molecular flexibility index (Phi) is 5.44. The molecule has 0 spiro atoms. The van der Waals surface area contributed by atoms with E-state index in [2.05, 4.69) is 22.2 Å². The van der Waals surface area contributed by atoms with Gasteiger partial charge in [-0.3, -0.25) is 4.72 Å². The first-order chi connectivity index (χ1) is 16.2. The first kappa shape index (κ1) is 22.2. The molecule has 1 aliphatic carbocycles. The third-order valence-corrected chi connectivity index (χ3v) is 8.16. The Balaban J connectivity index is 1.47. The van der Waals surface area contributed by atoms with Crippen LogP contribution in [-0.2, 0) is 10.0 Å². The van der Waals surface area contributed by atoms with Crippen LogP contribution in [0.25, 0.3) is 0 Å². The van der Waals surface area contributed by atoms with E-state index in [1.165, 1.54) is 0 Å². The van der Waals surface area contributed by atoms with Crippen molar-refractivity contribution in [3.05, 3.63) is 101 Å². The predicted molar refractivity (Wildman–Crippen MR) is 133 cm³/mol. The summed E-state index contributed by atoms with van der Waals surface area (Å²) in [4.78, 5) is 11.5. The quantitative estimate of drug-likeness (QED) is 0.417. The van der Waals surface area contributed by atoms with Crippen molar-refractivity contribution in [2.45, 2.75) is 37.1 Å². The molecule has 0 saturated carbocycles. The number of rotatable bonds is 5. The highest BCUT2D eigenvalue weighted by Crippen LogP contribution is 2.50. The molecule has 0 bridgehead atoms. The largest absolute Gasteiger partial charge is 0.478 e. The molecule has 0 saturated heterocycles. The Hall–Kier alpha value is -3.58. The maximum atomic E-state index is 13.2. The normalized spacial score (nSPS) is 20.8. The summed E-state index contributed by atoms with van der Waals surface area (Å²) >= 11 is 0. The summed E-state index contributed by atoms with van der Waals surface area (Å²) in [6, 6.07) is 17.9. The number of anilines is 2. The minimum absolute atomic E-state index is 0.00544. The fourth-order valence-electron chi connectivity index (χ4n) is 4.95. The Morgan fingerprint density at radius 1 is 1.03 bits per heavy atom. The van der Waals surface area contributed by atoms with Crippen molar-refractivity contribution < 1.29 is 18.3 Å². The van der Waals surface area contributed by atoms with Crippen LogP contribution in [0, 0.1) is 19.8 Å². The number of nitrogens with one attached hydrogen (secondary N) is 2. The molecule has 6 nitrogen and oxygen atoms in total. The summed E-state index contributed by atoms with van der Waals surface area (Å²) in [5, 5.41) is 12.8. The molecule has 174 valence electrons. The third kappa shape index (κ3) is 3.96. The van der Waals surface area contributed by atoms with Gasteiger partial charge in [0.05, 0.1) is 22.2 Å². The maximum Gasteiger partial charge on any atom is 0.335 e. The molecule has 0 fully saturated rings. The lowest BCUT2D eigenvalue weighted by Gasteiger charge is -2.37. The number of benzene rings is 3. The van der Waals surface area contributed by atoms with Crippen molar-refractivity contribution >= 4 is 27.4 Å². The van der Waals surface area contributed by atoms with E-state index in [-0.39, 0.29) is 28.3 Å². The van der Waals surface area contributed by atoms with Crippen LogP contribution in [0.2, 0.25) is 0 Å². The lowest BCUT2D eigenvalue weighted by atomic mass is 9.77. The third-order valence-electron chi connectivity index (χ3n) is 6.80. The monoisotopic (exact) mass is 474 g/mol. The van der Waals surface area contributed by atoms with Crippen molar-refractivity contribution in [1.82, 2.24) is 0 Å². The molecule has 7 heteroatoms. The molecule has 3 unspecified atom stereocenters. The summed E-state index contributed by atoms with van der Waals surface area (Å²) in [6.07, 6.45) is 5.15. The molecule has 5 rings (SSSR count). The Morgan fingerprint density at radius 2 is 1.79 bits per heavy atom. The number of sulfonamides is 1. The number of carboxylic acid groups (broad SMARTS) is 1. The van der Waals surface area contributed by atoms with Crippen molar-refractivity contribution in [1.29, 1.82) is 0 Å². The highest BCUT2D eigenvalue weighted by Gasteiger charge is 2.38. The molecule has 0 amide bonds. The van der Waals surface area contributed by atoms with Crippen molar-refractivity contribution in [2.24, 2.45) is 5.92 Å². The lowest BCUT2D eigenvalue weighted by molar-refractivity contribution is 0.0697. The molecule has 3 atom stereocenters. The zero-order chi connectivity index (χ0) is 24.0. The van der Waals surface area contributed by atoms with Gasteiger partial charge in [0, 0.05) is 11.6 Å². The van der Waals surface area contributed by atoms with Crippen molar-refractivity contribution in [3.8, 4) is 0 Å². The van der Waals surface area contributed by atoms with Gasteiger partial charge in [0.2, 0.25) is 0 Å². The van der Waals surface area contributed by atoms with Gasteiger partial charge < -0.3 is 10.4 Å². The number of carbonyl (C=O) groups is 1. The van der Waals surface area contributed by atoms with E-state index in [1.807, 2.05) is 50.2 Å². The fraction of sp³-hybridized carbons (Fsp3) is 0.222. The van der Waals surface area contributed by atoms with Crippen LogP contribution in [0.3, 0.4) is 0 Å². The zero-order valence-corrected chi connectivity index (χ0v) is 19.8. The van der Waals surface area contributed by atoms with Crippen LogP contribution in [0.4, 0.5) is 11.4 Å². The number of fused-ring (bicyclic) bond motifs is 3. The van der Waals surface area contributed by atoms with Crippen LogP contribution < -0.4 is 10.0 Å². The number of aromatic carboxylic acids is 1. The Bertz CT molecular complexity index is 1410. The highest BCUT2D eigenvalue weighted by atomic mass is 32.2. The van der Waals surface area contributed by atoms with Crippen LogP contribution in [-0.4, -0.2) is 19.5 Å². The second-order valence-electron chi connectivity index (χ2n) is 9.08. The van der Waals surface area contributed by atoms with Gasteiger partial charge in [-0.1, -0.05) is 36.4 Å². The van der Waals surface area contributed by atoms with Crippen LogP contribution in [0.5, 0.6) is 0 Å². The molecule has 1 heterocycles. The Labute approximate surface area is 199 Å². The van der Waals surface area contributed by atoms with E-state index in [0.717, 1.165) is 34.4 Å². The molecule has 3 N–H and O–H groups in total. The second kappa shape index (κ2) is 8.33. The fourth-order valence-corrected chi connectivity index (χ4v) is 6.11. The zero-order valence-electron chi connectivity index (χ0n) is 18.9. The molecular weight excluding hydrogens is 448 g/mol. The number of allylic oxidation sites excluding steroid dienone is 2. The predicted octanol–water partition coefficient (Wildman–Crippen LogP) is 5.63. The van der Waals surface area contributed by atoms with E-state index < -0.39 is 16.0 Å². The van der Waals surface area contributed by atoms with Crippen molar-refractivity contribution in [2.75, 3.05) is 10.0 Å². The van der Waals surface area contributed by atoms with E-state index in [0.29, 0.717) is 5.69 Å². The molecule has 34 heavy (non-hydrogen) atoms. The second-order valence-corrected chi connectivity index (χ2v) is 10.8. The molecule has 3 aromatic carbocycles. The number of carboxylic acids is 1. The van der Waals surface area contributed by atoms with E-state index in [1.54, 1.807) is 24.3 Å². The summed E-state index contributed by atoms with van der Waals surface area (Å²) in [6.45, 7) is 3.81. The Morgan fingerprint density at radius 3 is 2.53 bits per heavy atom. The molecule has 1 aliphatic heterocycles. The lowest BCUT2D eigenvalue weighted by Crippen LogP contribution is -2.29. The van der Waals surface area contributed by atoms with Crippen LogP contribution >= 0.6 is 0 Å². The first-order valence-corrected chi connectivity index (χ1v) is 12.7. The van der Waals surface area contributed by atoms with Crippen LogP contribution in [0.15, 0.2) is 77.7 Å². The smallest absolute Gasteiger partial charge is 0.335 e. The topological polar surface area (TPSA) is 95.5 Å². The standard InChI is InChI=1S/C27H26N2O4S/c1-16-6-7-17(2)25(14-16)29-34(32,33)20-12-13-24-23(15-20)21-4-3-5-22(21)26(28-24)18-8-10-19(11-9-18)27(30)31/h3-4,6-15,21-22,26,28-29H,5H2,1-2H3,(H,30,31). The molecular formula is C27H26N2O4S. The number of hydrogen-bond donors (Lipinski definition) is 3. The number of hydrogen-bond acceptors (Lipinski definition) is 4. The van der Waals surface area contributed by atoms with Gasteiger partial charge in [-0.25, -0.2) is 13.2 Å². The number of aryl methyl sites for hydroxylation is 2. The molecule has 0 aromatic heterocycles. The minimum Gasteiger partial charge on any atom is -0.478 e. The molecule has 0 radical (unpaired) electrons. The highest BCUT2D eigenvalue weighted by molar-refractivity contribution is 7.92. The van der Waals surface area contributed by atoms with Gasteiger partial charge in [-0.15, -0.1) is 0 Å². The molecule has 2 aliphatic rings. The molecule has 3 aromatic rings. The van der Waals surface area contributed by atoms with E-state index >= 15 is 0 Å². The van der Waals surface area contributed by atoms with E-state index in [4.69, 9.17) is 0 Å². The SMILES string of the molecule is Cc1ccc(C)c(NS(=O)(=O)c2ccc3c(c2)C2C=CCC2C(c2ccc(C(=O)O)cc2)N3)c1. The van der Waals surface area contributed by atoms with Gasteiger partial charge in [0.15, 0.2) is 0 Å². The minimum atomic E-state index is -3.75.